The Balaban J connectivity index is 2.31. The van der Waals surface area contributed by atoms with Crippen molar-refractivity contribution < 1.29 is 4.74 Å². The van der Waals surface area contributed by atoms with Crippen LogP contribution in [0.2, 0.25) is 0 Å². The summed E-state index contributed by atoms with van der Waals surface area (Å²) in [6, 6.07) is 12.0. The summed E-state index contributed by atoms with van der Waals surface area (Å²) < 4.78 is 6.32. The first-order chi connectivity index (χ1) is 10.1. The maximum Gasteiger partial charge on any atom is 0.162 e. The van der Waals surface area contributed by atoms with Crippen LogP contribution >= 0.6 is 22.6 Å². The summed E-state index contributed by atoms with van der Waals surface area (Å²) in [4.78, 5) is 9.00. The number of fused-ring (bicyclic) bond motifs is 1. The van der Waals surface area contributed by atoms with Crippen molar-refractivity contribution in [1.29, 1.82) is 0 Å². The molecule has 2 aromatic carbocycles. The van der Waals surface area contributed by atoms with Crippen molar-refractivity contribution in [3.8, 4) is 17.1 Å². The van der Waals surface area contributed by atoms with Gasteiger partial charge < -0.3 is 10.5 Å². The zero-order valence-electron chi connectivity index (χ0n) is 11.7. The van der Waals surface area contributed by atoms with Crippen LogP contribution in [0.25, 0.3) is 22.2 Å². The van der Waals surface area contributed by atoms with Crippen molar-refractivity contribution in [2.24, 2.45) is 0 Å². The number of aromatic nitrogens is 2. The van der Waals surface area contributed by atoms with Gasteiger partial charge in [-0.05, 0) is 47.0 Å². The summed E-state index contributed by atoms with van der Waals surface area (Å²) in [7, 11) is 1.67. The van der Waals surface area contributed by atoms with Crippen LogP contribution in [0.5, 0.6) is 5.75 Å². The molecule has 2 N–H and O–H groups in total. The van der Waals surface area contributed by atoms with Crippen LogP contribution in [-0.4, -0.2) is 17.1 Å². The van der Waals surface area contributed by atoms with Gasteiger partial charge in [0.1, 0.15) is 11.6 Å². The number of benzene rings is 2. The second-order valence-corrected chi connectivity index (χ2v) is 5.77. The monoisotopic (exact) mass is 391 g/mol. The van der Waals surface area contributed by atoms with E-state index in [0.29, 0.717) is 11.6 Å². The lowest BCUT2D eigenvalue weighted by atomic mass is 10.0. The Morgan fingerprint density at radius 1 is 1.05 bits per heavy atom. The summed E-state index contributed by atoms with van der Waals surface area (Å²) in [6.07, 6.45) is 0. The van der Waals surface area contributed by atoms with E-state index in [9.17, 15) is 0 Å². The minimum atomic E-state index is 0.512. The summed E-state index contributed by atoms with van der Waals surface area (Å²) >= 11 is 2.16. The zero-order chi connectivity index (χ0) is 15.0. The minimum Gasteiger partial charge on any atom is -0.496 e. The Kier molecular flexibility index (Phi) is 3.67. The van der Waals surface area contributed by atoms with Crippen LogP contribution < -0.4 is 10.5 Å². The Labute approximate surface area is 136 Å². The second-order valence-electron chi connectivity index (χ2n) is 4.69. The summed E-state index contributed by atoms with van der Waals surface area (Å²) in [6.45, 7) is 1.94. The molecule has 1 heterocycles. The average Bonchev–Trinajstić information content (AvgIpc) is 2.51. The molecule has 4 nitrogen and oxygen atoms in total. The highest BCUT2D eigenvalue weighted by molar-refractivity contribution is 14.1. The molecule has 106 valence electrons. The van der Waals surface area contributed by atoms with Crippen molar-refractivity contribution >= 4 is 39.2 Å². The highest BCUT2D eigenvalue weighted by Gasteiger charge is 2.13. The summed E-state index contributed by atoms with van der Waals surface area (Å²) in [5.41, 5.74) is 7.82. The predicted molar refractivity (Wildman–Crippen MR) is 93.4 cm³/mol. The van der Waals surface area contributed by atoms with Gasteiger partial charge in [0, 0.05) is 10.9 Å². The number of hydrogen-bond acceptors (Lipinski definition) is 4. The highest BCUT2D eigenvalue weighted by atomic mass is 127. The Hall–Kier alpha value is -1.89. The molecule has 0 aliphatic rings. The first-order valence-electron chi connectivity index (χ1n) is 6.47. The molecule has 0 fully saturated rings. The van der Waals surface area contributed by atoms with Crippen LogP contribution in [0.4, 0.5) is 5.82 Å². The lowest BCUT2D eigenvalue weighted by Gasteiger charge is -2.11. The maximum atomic E-state index is 5.98. The largest absolute Gasteiger partial charge is 0.496 e. The number of aryl methyl sites for hydroxylation is 1. The van der Waals surface area contributed by atoms with E-state index < -0.39 is 0 Å². The number of rotatable bonds is 2. The molecule has 0 saturated heterocycles. The van der Waals surface area contributed by atoms with E-state index in [1.54, 1.807) is 7.11 Å². The number of nitrogen functional groups attached to an aromatic ring is 1. The molecule has 5 heteroatoms. The van der Waals surface area contributed by atoms with Crippen molar-refractivity contribution in [2.75, 3.05) is 12.8 Å². The number of nitrogens with two attached hydrogens (primary N) is 1. The third-order valence-electron chi connectivity index (χ3n) is 3.39. The van der Waals surface area contributed by atoms with Crippen LogP contribution in [0.3, 0.4) is 0 Å². The van der Waals surface area contributed by atoms with E-state index >= 15 is 0 Å². The predicted octanol–water partition coefficient (Wildman–Crippen LogP) is 3.80. The third kappa shape index (κ3) is 2.42. The molecular formula is C16H14IN3O. The van der Waals surface area contributed by atoms with Crippen molar-refractivity contribution in [3.05, 3.63) is 45.7 Å². The highest BCUT2D eigenvalue weighted by Crippen LogP contribution is 2.33. The number of hydrogen-bond donors (Lipinski definition) is 1. The molecule has 0 aliphatic heterocycles. The van der Waals surface area contributed by atoms with Crippen LogP contribution in [0, 0.1) is 10.5 Å². The lowest BCUT2D eigenvalue weighted by molar-refractivity contribution is 0.420. The molecule has 3 rings (SSSR count). The summed E-state index contributed by atoms with van der Waals surface area (Å²) in [5.74, 6) is 1.99. The fourth-order valence-corrected chi connectivity index (χ4v) is 2.59. The smallest absolute Gasteiger partial charge is 0.162 e. The first kappa shape index (κ1) is 14.1. The van der Waals surface area contributed by atoms with Crippen LogP contribution in [0.15, 0.2) is 36.4 Å². The van der Waals surface area contributed by atoms with Gasteiger partial charge in [0.15, 0.2) is 5.82 Å². The fraction of sp³-hybridized carbons (Fsp3) is 0.125. The van der Waals surface area contributed by atoms with Gasteiger partial charge in [0.2, 0.25) is 0 Å². The van der Waals surface area contributed by atoms with Crippen molar-refractivity contribution in [2.45, 2.75) is 6.92 Å². The molecule has 21 heavy (non-hydrogen) atoms. The van der Waals surface area contributed by atoms with E-state index in [2.05, 4.69) is 32.6 Å². The molecule has 0 amide bonds. The van der Waals surface area contributed by atoms with E-state index in [1.165, 1.54) is 0 Å². The Morgan fingerprint density at radius 3 is 2.43 bits per heavy atom. The van der Waals surface area contributed by atoms with Gasteiger partial charge in [-0.2, -0.15) is 0 Å². The lowest BCUT2D eigenvalue weighted by Crippen LogP contribution is -2.02. The summed E-state index contributed by atoms with van der Waals surface area (Å²) in [5, 5.41) is 2.09. The van der Waals surface area contributed by atoms with Crippen molar-refractivity contribution in [3.63, 3.8) is 0 Å². The Morgan fingerprint density at radius 2 is 1.76 bits per heavy atom. The van der Waals surface area contributed by atoms with Crippen LogP contribution in [0.1, 0.15) is 5.69 Å². The number of ether oxygens (including phenoxy) is 1. The molecular weight excluding hydrogens is 377 g/mol. The maximum absolute atomic E-state index is 5.98. The molecule has 1 aromatic heterocycles. The van der Waals surface area contributed by atoms with E-state index in [-0.39, 0.29) is 0 Å². The van der Waals surface area contributed by atoms with E-state index in [0.717, 1.165) is 31.3 Å². The molecule has 0 atom stereocenters. The molecule has 0 saturated carbocycles. The number of anilines is 1. The molecule has 3 aromatic rings. The zero-order valence-corrected chi connectivity index (χ0v) is 13.9. The number of methoxy groups -OCH3 is 1. The normalized spacial score (nSPS) is 10.8. The quantitative estimate of drug-likeness (QED) is 0.676. The van der Waals surface area contributed by atoms with Gasteiger partial charge in [0.25, 0.3) is 0 Å². The van der Waals surface area contributed by atoms with Crippen molar-refractivity contribution in [1.82, 2.24) is 9.97 Å². The van der Waals surface area contributed by atoms with Gasteiger partial charge in [-0.3, -0.25) is 0 Å². The fourth-order valence-electron chi connectivity index (χ4n) is 2.35. The third-order valence-corrected chi connectivity index (χ3v) is 4.72. The molecule has 0 radical (unpaired) electrons. The molecule has 0 bridgehead atoms. The Bertz CT molecular complexity index is 810. The molecule has 0 spiro atoms. The van der Waals surface area contributed by atoms with Gasteiger partial charge in [-0.15, -0.1) is 0 Å². The van der Waals surface area contributed by atoms with Gasteiger partial charge >= 0.3 is 0 Å². The standard InChI is InChI=1S/C16H14IN3O/c1-9-14(17)15(18)20-16(19-9)12-7-8-13(21-2)11-6-4-3-5-10(11)12/h3-8H,1-2H3,(H2,18,19,20). The van der Waals surface area contributed by atoms with E-state index in [4.69, 9.17) is 10.5 Å². The number of nitrogens with zero attached hydrogens (tertiary/aromatic N) is 2. The first-order valence-corrected chi connectivity index (χ1v) is 7.55. The van der Waals surface area contributed by atoms with Crippen LogP contribution in [-0.2, 0) is 0 Å². The minimum absolute atomic E-state index is 0.512. The van der Waals surface area contributed by atoms with Gasteiger partial charge in [-0.25, -0.2) is 9.97 Å². The molecule has 0 unspecified atom stereocenters. The SMILES string of the molecule is COc1ccc(-c2nc(C)c(I)c(N)n2)c2ccccc12. The second kappa shape index (κ2) is 5.48. The van der Waals surface area contributed by atoms with E-state index in [1.807, 2.05) is 43.3 Å². The molecule has 0 aliphatic carbocycles. The topological polar surface area (TPSA) is 61.0 Å². The average molecular weight is 391 g/mol. The van der Waals surface area contributed by atoms with Gasteiger partial charge in [-0.1, -0.05) is 24.3 Å². The van der Waals surface area contributed by atoms with Gasteiger partial charge in [0.05, 0.1) is 16.4 Å². The number of halogens is 1.